The number of hydrogen-bond acceptors (Lipinski definition) is 5. The maximum Gasteiger partial charge on any atom is 0.257 e. The van der Waals surface area contributed by atoms with Crippen molar-refractivity contribution in [2.24, 2.45) is 0 Å². The predicted octanol–water partition coefficient (Wildman–Crippen LogP) is 5.32. The van der Waals surface area contributed by atoms with E-state index in [0.717, 1.165) is 11.0 Å². The molecule has 0 fully saturated rings. The van der Waals surface area contributed by atoms with Crippen molar-refractivity contribution in [3.8, 4) is 0 Å². The minimum Gasteiger partial charge on any atom is -0.379 e. The van der Waals surface area contributed by atoms with Gasteiger partial charge in [-0.2, -0.15) is 4.98 Å². The highest BCUT2D eigenvalue weighted by Gasteiger charge is 2.24. The Hall–Kier alpha value is -3.27. The van der Waals surface area contributed by atoms with Crippen molar-refractivity contribution in [3.63, 3.8) is 0 Å². The Morgan fingerprint density at radius 2 is 1.94 bits per heavy atom. The van der Waals surface area contributed by atoms with Crippen LogP contribution in [0.2, 0.25) is 0 Å². The molecule has 2 aromatic carbocycles. The zero-order chi connectivity index (χ0) is 23.8. The Labute approximate surface area is 187 Å². The van der Waals surface area contributed by atoms with E-state index in [4.69, 9.17) is 4.74 Å². The SMILES string of the molecule is COC(C)(C)CCc1cc(F)cc(N(CC(F)F)c2nc3nncn3c3cccc(F)c23)c1. The van der Waals surface area contributed by atoms with E-state index < -0.39 is 30.2 Å². The van der Waals surface area contributed by atoms with Crippen LogP contribution in [0.15, 0.2) is 42.7 Å². The Morgan fingerprint density at radius 3 is 2.67 bits per heavy atom. The highest BCUT2D eigenvalue weighted by molar-refractivity contribution is 5.94. The van der Waals surface area contributed by atoms with Gasteiger partial charge in [0.25, 0.3) is 12.2 Å². The van der Waals surface area contributed by atoms with Gasteiger partial charge in [0.05, 0.1) is 23.0 Å². The van der Waals surface area contributed by atoms with Gasteiger partial charge in [-0.3, -0.25) is 4.40 Å². The molecular weight excluding hydrogens is 438 g/mol. The van der Waals surface area contributed by atoms with Crippen LogP contribution in [0.1, 0.15) is 25.8 Å². The van der Waals surface area contributed by atoms with Crippen molar-refractivity contribution >= 4 is 28.2 Å². The summed E-state index contributed by atoms with van der Waals surface area (Å²) in [4.78, 5) is 5.44. The van der Waals surface area contributed by atoms with Crippen LogP contribution in [0, 0.1) is 11.6 Å². The van der Waals surface area contributed by atoms with Crippen LogP contribution in [0.4, 0.5) is 29.1 Å². The maximum absolute atomic E-state index is 14.9. The molecule has 0 aliphatic heterocycles. The highest BCUT2D eigenvalue weighted by atomic mass is 19.3. The standard InChI is InChI=1S/C23H23F4N5O/c1-23(2,33-3)8-7-14-9-15(24)11-16(10-14)31(12-19(26)27)21-20-17(25)5-4-6-18(20)32-13-28-30-22(32)29-21/h4-6,9-11,13,19H,7-8,12H2,1-3H3. The third kappa shape index (κ3) is 4.75. The van der Waals surface area contributed by atoms with Crippen LogP contribution in [0.25, 0.3) is 16.7 Å². The average molecular weight is 461 g/mol. The molecule has 0 atom stereocenters. The Kier molecular flexibility index (Phi) is 6.20. The van der Waals surface area contributed by atoms with Crippen molar-refractivity contribution in [2.75, 3.05) is 18.6 Å². The number of fused-ring (bicyclic) bond motifs is 3. The molecule has 10 heteroatoms. The lowest BCUT2D eigenvalue weighted by atomic mass is 9.98. The fourth-order valence-electron chi connectivity index (χ4n) is 3.69. The molecule has 33 heavy (non-hydrogen) atoms. The van der Waals surface area contributed by atoms with Crippen LogP contribution < -0.4 is 4.90 Å². The Morgan fingerprint density at radius 1 is 1.15 bits per heavy atom. The number of ether oxygens (including phenoxy) is 1. The van der Waals surface area contributed by atoms with Crippen LogP contribution in [0.3, 0.4) is 0 Å². The van der Waals surface area contributed by atoms with E-state index in [1.165, 1.54) is 28.9 Å². The van der Waals surface area contributed by atoms with E-state index in [0.29, 0.717) is 23.9 Å². The number of aromatic nitrogens is 4. The molecule has 2 aromatic heterocycles. The zero-order valence-corrected chi connectivity index (χ0v) is 18.4. The second-order valence-electron chi connectivity index (χ2n) is 8.35. The molecule has 4 aromatic rings. The summed E-state index contributed by atoms with van der Waals surface area (Å²) in [5.74, 6) is -1.22. The fraction of sp³-hybridized carbons (Fsp3) is 0.348. The number of halogens is 4. The molecule has 2 heterocycles. The highest BCUT2D eigenvalue weighted by Crippen LogP contribution is 2.34. The number of nitrogens with zero attached hydrogens (tertiary/aromatic N) is 5. The second kappa shape index (κ2) is 8.93. The minimum atomic E-state index is -2.79. The van der Waals surface area contributed by atoms with E-state index in [1.54, 1.807) is 19.2 Å². The van der Waals surface area contributed by atoms with Crippen molar-refractivity contribution in [1.29, 1.82) is 0 Å². The molecule has 0 unspecified atom stereocenters. The van der Waals surface area contributed by atoms with Gasteiger partial charge in [-0.1, -0.05) is 6.07 Å². The molecule has 0 radical (unpaired) electrons. The largest absolute Gasteiger partial charge is 0.379 e. The summed E-state index contributed by atoms with van der Waals surface area (Å²) in [7, 11) is 1.59. The van der Waals surface area contributed by atoms with Gasteiger partial charge in [0.15, 0.2) is 0 Å². The average Bonchev–Trinajstić information content (AvgIpc) is 3.24. The molecule has 6 nitrogen and oxygen atoms in total. The minimum absolute atomic E-state index is 0.0109. The molecule has 0 aliphatic carbocycles. The third-order valence-corrected chi connectivity index (χ3v) is 5.61. The molecule has 0 aliphatic rings. The fourth-order valence-corrected chi connectivity index (χ4v) is 3.69. The van der Waals surface area contributed by atoms with Crippen molar-refractivity contribution < 1.29 is 22.3 Å². The van der Waals surface area contributed by atoms with Crippen LogP contribution in [0.5, 0.6) is 0 Å². The third-order valence-electron chi connectivity index (χ3n) is 5.61. The van der Waals surface area contributed by atoms with Gasteiger partial charge >= 0.3 is 0 Å². The smallest absolute Gasteiger partial charge is 0.257 e. The summed E-state index contributed by atoms with van der Waals surface area (Å²) >= 11 is 0. The normalized spacial score (nSPS) is 12.2. The number of aryl methyl sites for hydroxylation is 1. The van der Waals surface area contributed by atoms with Gasteiger partial charge in [-0.15, -0.1) is 10.2 Å². The Bertz CT molecular complexity index is 1290. The monoisotopic (exact) mass is 461 g/mol. The second-order valence-corrected chi connectivity index (χ2v) is 8.35. The lowest BCUT2D eigenvalue weighted by molar-refractivity contribution is 0.0158. The number of methoxy groups -OCH3 is 1. The predicted molar refractivity (Wildman–Crippen MR) is 117 cm³/mol. The van der Waals surface area contributed by atoms with E-state index in [1.807, 2.05) is 13.8 Å². The van der Waals surface area contributed by atoms with Crippen molar-refractivity contribution in [3.05, 3.63) is 59.9 Å². The van der Waals surface area contributed by atoms with Gasteiger partial charge in [-0.05, 0) is 62.6 Å². The molecule has 0 saturated heterocycles. The number of alkyl halides is 2. The lowest BCUT2D eigenvalue weighted by Gasteiger charge is -2.26. The summed E-state index contributed by atoms with van der Waals surface area (Å²) < 4.78 is 63.7. The topological polar surface area (TPSA) is 55.5 Å². The van der Waals surface area contributed by atoms with E-state index in [-0.39, 0.29) is 22.7 Å². The number of hydrogen-bond donors (Lipinski definition) is 0. The molecule has 0 amide bonds. The van der Waals surface area contributed by atoms with Crippen LogP contribution in [-0.4, -0.2) is 45.3 Å². The summed E-state index contributed by atoms with van der Waals surface area (Å²) in [6.45, 7) is 3.00. The zero-order valence-electron chi connectivity index (χ0n) is 18.4. The first kappa shape index (κ1) is 22.9. The summed E-state index contributed by atoms with van der Waals surface area (Å²) in [6, 6.07) is 8.42. The maximum atomic E-state index is 14.9. The first-order valence-corrected chi connectivity index (χ1v) is 10.4. The molecule has 0 spiro atoms. The molecule has 0 bridgehead atoms. The van der Waals surface area contributed by atoms with E-state index in [9.17, 15) is 17.6 Å². The Balaban J connectivity index is 1.87. The number of rotatable bonds is 8. The number of benzene rings is 2. The quantitative estimate of drug-likeness (QED) is 0.333. The van der Waals surface area contributed by atoms with Crippen molar-refractivity contribution in [1.82, 2.24) is 19.6 Å². The van der Waals surface area contributed by atoms with E-state index >= 15 is 0 Å². The van der Waals surface area contributed by atoms with E-state index in [2.05, 4.69) is 15.2 Å². The summed E-state index contributed by atoms with van der Waals surface area (Å²) in [5, 5.41) is 7.69. The first-order chi connectivity index (χ1) is 15.7. The molecule has 4 rings (SSSR count). The van der Waals surface area contributed by atoms with Crippen molar-refractivity contribution in [2.45, 2.75) is 38.7 Å². The van der Waals surface area contributed by atoms with Gasteiger partial charge < -0.3 is 9.64 Å². The molecular formula is C23H23F4N5O. The van der Waals surface area contributed by atoms with Gasteiger partial charge in [0.1, 0.15) is 23.8 Å². The first-order valence-electron chi connectivity index (χ1n) is 10.4. The van der Waals surface area contributed by atoms with Crippen LogP contribution >= 0.6 is 0 Å². The van der Waals surface area contributed by atoms with Gasteiger partial charge in [-0.25, -0.2) is 17.6 Å². The van der Waals surface area contributed by atoms with Gasteiger partial charge in [0.2, 0.25) is 0 Å². The van der Waals surface area contributed by atoms with Crippen LogP contribution in [-0.2, 0) is 11.2 Å². The molecule has 0 saturated carbocycles. The lowest BCUT2D eigenvalue weighted by Crippen LogP contribution is -2.26. The summed E-state index contributed by atoms with van der Waals surface area (Å²) in [6.07, 6.45) is -0.381. The summed E-state index contributed by atoms with van der Waals surface area (Å²) in [5.41, 5.74) is 0.663. The molecule has 174 valence electrons. The van der Waals surface area contributed by atoms with Gasteiger partial charge in [0, 0.05) is 12.8 Å². The molecule has 0 N–H and O–H groups in total. The number of anilines is 2.